The number of carboxylic acid groups (broad SMARTS) is 1. The van der Waals surface area contributed by atoms with E-state index in [9.17, 15) is 9.59 Å². The minimum absolute atomic E-state index is 0.0706. The zero-order chi connectivity index (χ0) is 11.2. The molecular formula is C9H18N2O3. The van der Waals surface area contributed by atoms with Crippen LogP contribution in [0.5, 0.6) is 0 Å². The topological polar surface area (TPSA) is 92.4 Å². The zero-order valence-electron chi connectivity index (χ0n) is 8.67. The van der Waals surface area contributed by atoms with E-state index in [0.717, 1.165) is 6.42 Å². The van der Waals surface area contributed by atoms with Gasteiger partial charge in [0.05, 0.1) is 0 Å². The second-order valence-electron chi connectivity index (χ2n) is 3.66. The van der Waals surface area contributed by atoms with Crippen LogP contribution >= 0.6 is 0 Å². The number of carbonyl (C=O) groups is 2. The Bertz CT molecular complexity index is 214. The van der Waals surface area contributed by atoms with E-state index in [0.29, 0.717) is 19.4 Å². The Hall–Kier alpha value is -1.10. The molecule has 0 saturated carbocycles. The van der Waals surface area contributed by atoms with Gasteiger partial charge in [0.25, 0.3) is 0 Å². The van der Waals surface area contributed by atoms with Crippen molar-refractivity contribution in [2.24, 2.45) is 5.73 Å². The van der Waals surface area contributed by atoms with Gasteiger partial charge >= 0.3 is 5.97 Å². The van der Waals surface area contributed by atoms with E-state index in [1.165, 1.54) is 13.8 Å². The zero-order valence-corrected chi connectivity index (χ0v) is 8.67. The number of amides is 1. The Morgan fingerprint density at radius 1 is 1.43 bits per heavy atom. The Labute approximate surface area is 83.7 Å². The highest BCUT2D eigenvalue weighted by Crippen LogP contribution is 2.10. The first-order valence-corrected chi connectivity index (χ1v) is 4.63. The molecule has 5 heteroatoms. The average molecular weight is 202 g/mol. The van der Waals surface area contributed by atoms with Crippen LogP contribution in [0.25, 0.3) is 0 Å². The lowest BCUT2D eigenvalue weighted by molar-refractivity contribution is -0.143. The van der Waals surface area contributed by atoms with Gasteiger partial charge < -0.3 is 16.2 Å². The third-order valence-corrected chi connectivity index (χ3v) is 1.99. The first-order valence-electron chi connectivity index (χ1n) is 4.63. The van der Waals surface area contributed by atoms with Gasteiger partial charge in [0, 0.05) is 13.5 Å². The largest absolute Gasteiger partial charge is 0.480 e. The summed E-state index contributed by atoms with van der Waals surface area (Å²) < 4.78 is 0. The van der Waals surface area contributed by atoms with Crippen LogP contribution in [-0.4, -0.2) is 29.1 Å². The van der Waals surface area contributed by atoms with Gasteiger partial charge in [-0.15, -0.1) is 0 Å². The van der Waals surface area contributed by atoms with Crippen LogP contribution < -0.4 is 11.1 Å². The van der Waals surface area contributed by atoms with Crippen molar-refractivity contribution in [2.45, 2.75) is 38.6 Å². The SMILES string of the molecule is CC(=O)NCCCC[C@](C)(N)C(=O)O. The molecule has 0 rings (SSSR count). The van der Waals surface area contributed by atoms with Crippen LogP contribution in [0.3, 0.4) is 0 Å². The van der Waals surface area contributed by atoms with Crippen molar-refractivity contribution in [3.8, 4) is 0 Å². The molecule has 5 nitrogen and oxygen atoms in total. The predicted molar refractivity (Wildman–Crippen MR) is 52.8 cm³/mol. The molecular weight excluding hydrogens is 184 g/mol. The summed E-state index contributed by atoms with van der Waals surface area (Å²) >= 11 is 0. The molecule has 0 fully saturated rings. The molecule has 0 aliphatic rings. The molecule has 1 atom stereocenters. The van der Waals surface area contributed by atoms with Crippen molar-refractivity contribution in [1.29, 1.82) is 0 Å². The fraction of sp³-hybridized carbons (Fsp3) is 0.778. The number of hydrogen-bond donors (Lipinski definition) is 3. The molecule has 0 heterocycles. The fourth-order valence-electron chi connectivity index (χ4n) is 0.989. The number of nitrogens with two attached hydrogens (primary N) is 1. The molecule has 82 valence electrons. The molecule has 0 saturated heterocycles. The molecule has 0 spiro atoms. The van der Waals surface area contributed by atoms with Crippen molar-refractivity contribution in [3.05, 3.63) is 0 Å². The third kappa shape index (κ3) is 5.53. The van der Waals surface area contributed by atoms with Gasteiger partial charge in [-0.3, -0.25) is 9.59 Å². The maximum atomic E-state index is 10.6. The minimum atomic E-state index is -1.16. The van der Waals surface area contributed by atoms with Gasteiger partial charge in [-0.1, -0.05) is 0 Å². The number of unbranched alkanes of at least 4 members (excludes halogenated alkanes) is 1. The number of nitrogens with one attached hydrogen (secondary N) is 1. The fourth-order valence-corrected chi connectivity index (χ4v) is 0.989. The Morgan fingerprint density at radius 3 is 2.43 bits per heavy atom. The Kier molecular flexibility index (Phi) is 5.15. The molecule has 0 aliphatic heterocycles. The van der Waals surface area contributed by atoms with Crippen LogP contribution in [-0.2, 0) is 9.59 Å². The number of carboxylic acids is 1. The summed E-state index contributed by atoms with van der Waals surface area (Å²) in [5.74, 6) is -1.06. The van der Waals surface area contributed by atoms with Crippen LogP contribution in [0.15, 0.2) is 0 Å². The normalized spacial score (nSPS) is 14.5. The monoisotopic (exact) mass is 202 g/mol. The standard InChI is InChI=1S/C9H18N2O3/c1-7(12)11-6-4-3-5-9(2,10)8(13)14/h3-6,10H2,1-2H3,(H,11,12)(H,13,14)/t9-/m0/s1. The van der Waals surface area contributed by atoms with E-state index in [1.54, 1.807) is 0 Å². The molecule has 0 aromatic heterocycles. The maximum absolute atomic E-state index is 10.6. The molecule has 1 amide bonds. The summed E-state index contributed by atoms with van der Waals surface area (Å²) in [6.45, 7) is 3.52. The van der Waals surface area contributed by atoms with Gasteiger partial charge in [-0.2, -0.15) is 0 Å². The summed E-state index contributed by atoms with van der Waals surface area (Å²) in [5.41, 5.74) is 4.36. The van der Waals surface area contributed by atoms with Gasteiger partial charge in [0.1, 0.15) is 5.54 Å². The van der Waals surface area contributed by atoms with E-state index in [-0.39, 0.29) is 5.91 Å². The van der Waals surface area contributed by atoms with Crippen LogP contribution in [0.4, 0.5) is 0 Å². The third-order valence-electron chi connectivity index (χ3n) is 1.99. The number of hydrogen-bond acceptors (Lipinski definition) is 3. The first kappa shape index (κ1) is 12.9. The molecule has 0 aromatic rings. The van der Waals surface area contributed by atoms with Crippen LogP contribution in [0.2, 0.25) is 0 Å². The average Bonchev–Trinajstić information content (AvgIpc) is 2.02. The van der Waals surface area contributed by atoms with Crippen LogP contribution in [0, 0.1) is 0 Å². The summed E-state index contributed by atoms with van der Waals surface area (Å²) in [7, 11) is 0. The molecule has 0 unspecified atom stereocenters. The molecule has 0 aliphatic carbocycles. The van der Waals surface area contributed by atoms with Crippen molar-refractivity contribution < 1.29 is 14.7 Å². The summed E-state index contributed by atoms with van der Waals surface area (Å²) in [6.07, 6.45) is 1.86. The molecule has 4 N–H and O–H groups in total. The van der Waals surface area contributed by atoms with Crippen LogP contribution in [0.1, 0.15) is 33.1 Å². The molecule has 0 aromatic carbocycles. The van der Waals surface area contributed by atoms with Crippen molar-refractivity contribution >= 4 is 11.9 Å². The highest BCUT2D eigenvalue weighted by molar-refractivity contribution is 5.77. The number of carbonyl (C=O) groups excluding carboxylic acids is 1. The van der Waals surface area contributed by atoms with Crippen molar-refractivity contribution in [3.63, 3.8) is 0 Å². The lowest BCUT2D eigenvalue weighted by atomic mass is 9.96. The van der Waals surface area contributed by atoms with Gasteiger partial charge in [-0.05, 0) is 26.2 Å². The second kappa shape index (κ2) is 5.59. The smallest absolute Gasteiger partial charge is 0.323 e. The van der Waals surface area contributed by atoms with Crippen molar-refractivity contribution in [1.82, 2.24) is 5.32 Å². The number of rotatable bonds is 6. The lowest BCUT2D eigenvalue weighted by Crippen LogP contribution is -2.44. The Balaban J connectivity index is 3.54. The van der Waals surface area contributed by atoms with Gasteiger partial charge in [0.2, 0.25) is 5.91 Å². The Morgan fingerprint density at radius 2 is 2.00 bits per heavy atom. The van der Waals surface area contributed by atoms with E-state index >= 15 is 0 Å². The molecule has 0 radical (unpaired) electrons. The quantitative estimate of drug-likeness (QED) is 0.532. The van der Waals surface area contributed by atoms with E-state index in [4.69, 9.17) is 10.8 Å². The highest BCUT2D eigenvalue weighted by Gasteiger charge is 2.26. The van der Waals surface area contributed by atoms with Gasteiger partial charge in [-0.25, -0.2) is 0 Å². The van der Waals surface area contributed by atoms with Crippen molar-refractivity contribution in [2.75, 3.05) is 6.54 Å². The summed E-state index contributed by atoms with van der Waals surface area (Å²) in [4.78, 5) is 21.1. The summed E-state index contributed by atoms with van der Waals surface area (Å²) in [5, 5.41) is 11.3. The molecule has 14 heavy (non-hydrogen) atoms. The van der Waals surface area contributed by atoms with E-state index < -0.39 is 11.5 Å². The molecule has 0 bridgehead atoms. The second-order valence-corrected chi connectivity index (χ2v) is 3.66. The van der Waals surface area contributed by atoms with E-state index in [1.807, 2.05) is 0 Å². The van der Waals surface area contributed by atoms with Gasteiger partial charge in [0.15, 0.2) is 0 Å². The minimum Gasteiger partial charge on any atom is -0.480 e. The maximum Gasteiger partial charge on any atom is 0.323 e. The predicted octanol–water partition coefficient (Wildman–Crippen LogP) is 0.0948. The lowest BCUT2D eigenvalue weighted by Gasteiger charge is -2.18. The highest BCUT2D eigenvalue weighted by atomic mass is 16.4. The van der Waals surface area contributed by atoms with E-state index in [2.05, 4.69) is 5.32 Å². The number of aliphatic carboxylic acids is 1. The summed E-state index contributed by atoms with van der Waals surface area (Å²) in [6, 6.07) is 0. The first-order chi connectivity index (χ1) is 6.36.